The van der Waals surface area contributed by atoms with Crippen molar-refractivity contribution in [3.05, 3.63) is 0 Å². The molecule has 88 valence electrons. The maximum atomic E-state index is 11.5. The van der Waals surface area contributed by atoms with Gasteiger partial charge in [-0.25, -0.2) is 13.1 Å². The van der Waals surface area contributed by atoms with Crippen molar-refractivity contribution in [3.63, 3.8) is 0 Å². The highest BCUT2D eigenvalue weighted by molar-refractivity contribution is 7.88. The molecule has 7 heteroatoms. The van der Waals surface area contributed by atoms with Gasteiger partial charge in [0.2, 0.25) is 15.9 Å². The molecule has 0 aromatic rings. The molecule has 1 fully saturated rings. The molecule has 15 heavy (non-hydrogen) atoms. The Balaban J connectivity index is 2.23. The molecule has 0 atom stereocenters. The summed E-state index contributed by atoms with van der Waals surface area (Å²) in [5.41, 5.74) is 0. The number of nitrogens with one attached hydrogen (secondary N) is 2. The molecular formula is C8H17N3O3S. The van der Waals surface area contributed by atoms with E-state index >= 15 is 0 Å². The van der Waals surface area contributed by atoms with Crippen LogP contribution in [0.1, 0.15) is 6.42 Å². The molecule has 0 aromatic heterocycles. The normalized spacial score (nSPS) is 17.8. The lowest BCUT2D eigenvalue weighted by atomic mass is 10.3. The highest BCUT2D eigenvalue weighted by Gasteiger charge is 2.15. The Morgan fingerprint density at radius 1 is 1.40 bits per heavy atom. The predicted octanol–water partition coefficient (Wildman–Crippen LogP) is -1.64. The summed E-state index contributed by atoms with van der Waals surface area (Å²) in [4.78, 5) is 13.3. The summed E-state index contributed by atoms with van der Waals surface area (Å²) in [7, 11) is -3.18. The molecule has 1 rings (SSSR count). The number of piperazine rings is 1. The van der Waals surface area contributed by atoms with Gasteiger partial charge in [0.05, 0.1) is 6.26 Å². The van der Waals surface area contributed by atoms with Crippen LogP contribution in [0.3, 0.4) is 0 Å². The zero-order valence-electron chi connectivity index (χ0n) is 8.82. The summed E-state index contributed by atoms with van der Waals surface area (Å²) in [6.07, 6.45) is 1.31. The van der Waals surface area contributed by atoms with Crippen LogP contribution in [0, 0.1) is 0 Å². The number of amides is 1. The van der Waals surface area contributed by atoms with Gasteiger partial charge in [-0.3, -0.25) is 4.79 Å². The number of hydrogen-bond donors (Lipinski definition) is 2. The van der Waals surface area contributed by atoms with Crippen LogP contribution in [0.4, 0.5) is 0 Å². The van der Waals surface area contributed by atoms with E-state index in [9.17, 15) is 13.2 Å². The van der Waals surface area contributed by atoms with Crippen LogP contribution in [0.25, 0.3) is 0 Å². The van der Waals surface area contributed by atoms with Crippen molar-refractivity contribution in [2.45, 2.75) is 6.42 Å². The smallest absolute Gasteiger partial charge is 0.223 e. The summed E-state index contributed by atoms with van der Waals surface area (Å²) >= 11 is 0. The standard InChI is InChI=1S/C8H17N3O3S/c1-15(13,14)10-3-2-8(12)11-6-4-9-5-7-11/h9-10H,2-7H2,1H3. The number of sulfonamides is 1. The molecule has 0 aliphatic carbocycles. The molecular weight excluding hydrogens is 218 g/mol. The van der Waals surface area contributed by atoms with Crippen molar-refractivity contribution in [2.75, 3.05) is 39.0 Å². The van der Waals surface area contributed by atoms with Gasteiger partial charge in [-0.15, -0.1) is 0 Å². The third kappa shape index (κ3) is 5.10. The maximum absolute atomic E-state index is 11.5. The Labute approximate surface area is 90.1 Å². The van der Waals surface area contributed by atoms with Gasteiger partial charge in [-0.1, -0.05) is 0 Å². The Morgan fingerprint density at radius 2 is 2.00 bits per heavy atom. The minimum absolute atomic E-state index is 0.00708. The Morgan fingerprint density at radius 3 is 2.53 bits per heavy atom. The van der Waals surface area contributed by atoms with E-state index in [1.807, 2.05) is 0 Å². The van der Waals surface area contributed by atoms with Crippen LogP contribution in [-0.4, -0.2) is 58.2 Å². The molecule has 1 aliphatic heterocycles. The van der Waals surface area contributed by atoms with Gasteiger partial charge in [0, 0.05) is 39.1 Å². The first kappa shape index (κ1) is 12.4. The molecule has 0 bridgehead atoms. The van der Waals surface area contributed by atoms with Crippen LogP contribution in [0.15, 0.2) is 0 Å². The number of rotatable bonds is 4. The Kier molecular flexibility index (Phi) is 4.49. The average Bonchev–Trinajstić information content (AvgIpc) is 2.17. The van der Waals surface area contributed by atoms with Crippen LogP contribution in [-0.2, 0) is 14.8 Å². The fourth-order valence-corrected chi connectivity index (χ4v) is 1.89. The number of hydrogen-bond acceptors (Lipinski definition) is 4. The van der Waals surface area contributed by atoms with E-state index in [-0.39, 0.29) is 18.9 Å². The first-order valence-corrected chi connectivity index (χ1v) is 6.81. The van der Waals surface area contributed by atoms with E-state index in [0.29, 0.717) is 13.1 Å². The zero-order chi connectivity index (χ0) is 11.3. The van der Waals surface area contributed by atoms with Crippen molar-refractivity contribution >= 4 is 15.9 Å². The van der Waals surface area contributed by atoms with Gasteiger partial charge in [-0.05, 0) is 0 Å². The molecule has 1 aliphatic rings. The van der Waals surface area contributed by atoms with E-state index in [1.165, 1.54) is 0 Å². The van der Waals surface area contributed by atoms with E-state index in [1.54, 1.807) is 4.90 Å². The molecule has 1 heterocycles. The van der Waals surface area contributed by atoms with Crippen LogP contribution >= 0.6 is 0 Å². The van der Waals surface area contributed by atoms with Gasteiger partial charge in [-0.2, -0.15) is 0 Å². The molecule has 0 saturated carbocycles. The summed E-state index contributed by atoms with van der Waals surface area (Å²) in [5.74, 6) is 0.00708. The van der Waals surface area contributed by atoms with Gasteiger partial charge in [0.1, 0.15) is 0 Å². The Hall–Kier alpha value is -0.660. The molecule has 0 radical (unpaired) electrons. The SMILES string of the molecule is CS(=O)(=O)NCCC(=O)N1CCNCC1. The maximum Gasteiger partial charge on any atom is 0.223 e. The number of carbonyl (C=O) groups is 1. The molecule has 6 nitrogen and oxygen atoms in total. The van der Waals surface area contributed by atoms with E-state index < -0.39 is 10.0 Å². The van der Waals surface area contributed by atoms with Gasteiger partial charge in [0.15, 0.2) is 0 Å². The van der Waals surface area contributed by atoms with Crippen molar-refractivity contribution in [3.8, 4) is 0 Å². The first-order chi connectivity index (χ1) is 6.99. The summed E-state index contributed by atoms with van der Waals surface area (Å²) in [6, 6.07) is 0. The van der Waals surface area contributed by atoms with Gasteiger partial charge in [0.25, 0.3) is 0 Å². The molecule has 2 N–H and O–H groups in total. The first-order valence-electron chi connectivity index (χ1n) is 4.92. The predicted molar refractivity (Wildman–Crippen MR) is 56.9 cm³/mol. The van der Waals surface area contributed by atoms with Crippen molar-refractivity contribution in [1.82, 2.24) is 14.9 Å². The minimum Gasteiger partial charge on any atom is -0.340 e. The summed E-state index contributed by atoms with van der Waals surface area (Å²) in [5, 5.41) is 3.14. The second kappa shape index (κ2) is 5.43. The molecule has 0 spiro atoms. The average molecular weight is 235 g/mol. The molecule has 0 aromatic carbocycles. The second-order valence-electron chi connectivity index (χ2n) is 3.55. The minimum atomic E-state index is -3.18. The number of carbonyl (C=O) groups excluding carboxylic acids is 1. The molecule has 1 saturated heterocycles. The number of nitrogens with zero attached hydrogens (tertiary/aromatic N) is 1. The fourth-order valence-electron chi connectivity index (χ4n) is 1.42. The lowest BCUT2D eigenvalue weighted by Gasteiger charge is -2.27. The molecule has 0 unspecified atom stereocenters. The van der Waals surface area contributed by atoms with Crippen LogP contribution in [0.5, 0.6) is 0 Å². The van der Waals surface area contributed by atoms with Gasteiger partial charge >= 0.3 is 0 Å². The summed E-state index contributed by atoms with van der Waals surface area (Å²) in [6.45, 7) is 3.22. The molecule has 1 amide bonds. The quantitative estimate of drug-likeness (QED) is 0.612. The lowest BCUT2D eigenvalue weighted by molar-refractivity contribution is -0.131. The highest BCUT2D eigenvalue weighted by Crippen LogP contribution is 1.96. The zero-order valence-corrected chi connectivity index (χ0v) is 9.64. The topological polar surface area (TPSA) is 78.5 Å². The highest BCUT2D eigenvalue weighted by atomic mass is 32.2. The van der Waals surface area contributed by atoms with Crippen LogP contribution in [0.2, 0.25) is 0 Å². The fraction of sp³-hybridized carbons (Fsp3) is 0.875. The third-order valence-corrected chi connectivity index (χ3v) is 2.90. The van der Waals surface area contributed by atoms with Gasteiger partial charge < -0.3 is 10.2 Å². The van der Waals surface area contributed by atoms with Crippen molar-refractivity contribution < 1.29 is 13.2 Å². The largest absolute Gasteiger partial charge is 0.340 e. The van der Waals surface area contributed by atoms with Crippen molar-refractivity contribution in [1.29, 1.82) is 0 Å². The van der Waals surface area contributed by atoms with E-state index in [0.717, 1.165) is 19.3 Å². The Bertz CT molecular complexity index is 309. The monoisotopic (exact) mass is 235 g/mol. The summed E-state index contributed by atoms with van der Waals surface area (Å²) < 4.78 is 23.8. The second-order valence-corrected chi connectivity index (χ2v) is 5.38. The van der Waals surface area contributed by atoms with E-state index in [4.69, 9.17) is 0 Å². The van der Waals surface area contributed by atoms with E-state index in [2.05, 4.69) is 10.0 Å². The lowest BCUT2D eigenvalue weighted by Crippen LogP contribution is -2.47. The third-order valence-electron chi connectivity index (χ3n) is 2.17. The van der Waals surface area contributed by atoms with Crippen LogP contribution < -0.4 is 10.0 Å². The van der Waals surface area contributed by atoms with Crippen molar-refractivity contribution in [2.24, 2.45) is 0 Å².